The highest BCUT2D eigenvalue weighted by Gasteiger charge is 2.16. The molecule has 30 heavy (non-hydrogen) atoms. The Kier molecular flexibility index (Phi) is 10.4. The minimum absolute atomic E-state index is 0.0684. The molecule has 164 valence electrons. The van der Waals surface area contributed by atoms with Gasteiger partial charge in [0.25, 0.3) is 5.91 Å². The summed E-state index contributed by atoms with van der Waals surface area (Å²) in [7, 11) is 1.89. The van der Waals surface area contributed by atoms with E-state index >= 15 is 0 Å². The number of nitrogens with zero attached hydrogens (tertiary/aromatic N) is 2. The second-order valence-corrected chi connectivity index (χ2v) is 7.74. The van der Waals surface area contributed by atoms with Crippen molar-refractivity contribution >= 4 is 16.7 Å². The van der Waals surface area contributed by atoms with Crippen molar-refractivity contribution in [2.24, 2.45) is 0 Å². The lowest BCUT2D eigenvalue weighted by atomic mass is 10.1. The third kappa shape index (κ3) is 7.17. The highest BCUT2D eigenvalue weighted by Crippen LogP contribution is 2.25. The number of amides is 1. The molecule has 0 aromatic heterocycles. The van der Waals surface area contributed by atoms with Crippen LogP contribution in [0.4, 0.5) is 0 Å². The van der Waals surface area contributed by atoms with E-state index in [4.69, 9.17) is 4.74 Å². The molecule has 2 aromatic rings. The van der Waals surface area contributed by atoms with Crippen LogP contribution in [0.5, 0.6) is 5.75 Å². The molecule has 2 aromatic carbocycles. The first-order chi connectivity index (χ1) is 14.6. The summed E-state index contributed by atoms with van der Waals surface area (Å²) in [5.74, 6) is 0.894. The van der Waals surface area contributed by atoms with Crippen LogP contribution in [-0.2, 0) is 4.79 Å². The van der Waals surface area contributed by atoms with Crippen LogP contribution >= 0.6 is 0 Å². The number of carbonyl (C=O) groups is 1. The molecular formula is C26H38N2O2. The van der Waals surface area contributed by atoms with Crippen molar-refractivity contribution in [2.45, 2.75) is 46.5 Å². The van der Waals surface area contributed by atoms with Gasteiger partial charge >= 0.3 is 0 Å². The number of carbonyl (C=O) groups excluding carboxylic acids is 1. The molecule has 1 amide bonds. The molecule has 0 atom stereocenters. The van der Waals surface area contributed by atoms with E-state index < -0.39 is 0 Å². The summed E-state index contributed by atoms with van der Waals surface area (Å²) >= 11 is 0. The Morgan fingerprint density at radius 1 is 0.967 bits per heavy atom. The second-order valence-electron chi connectivity index (χ2n) is 7.74. The SMILES string of the molecule is CCCCC/C=C(\COc1cccc2ccccc12)C(=O)N(C)CCN(CC)CC. The normalized spacial score (nSPS) is 11.8. The van der Waals surface area contributed by atoms with Gasteiger partial charge in [0.2, 0.25) is 0 Å². The fraction of sp³-hybridized carbons (Fsp3) is 0.500. The van der Waals surface area contributed by atoms with Crippen LogP contribution in [0.1, 0.15) is 46.5 Å². The van der Waals surface area contributed by atoms with Crippen molar-refractivity contribution in [3.05, 3.63) is 54.1 Å². The molecule has 4 heteroatoms. The first kappa shape index (κ1) is 23.9. The molecule has 0 aliphatic heterocycles. The summed E-state index contributed by atoms with van der Waals surface area (Å²) in [6.07, 6.45) is 6.45. The van der Waals surface area contributed by atoms with Crippen LogP contribution in [-0.4, -0.2) is 55.5 Å². The van der Waals surface area contributed by atoms with Crippen molar-refractivity contribution in [1.29, 1.82) is 0 Å². The van der Waals surface area contributed by atoms with E-state index in [1.807, 2.05) is 36.2 Å². The Hall–Kier alpha value is -2.33. The summed E-state index contributed by atoms with van der Waals surface area (Å²) in [6.45, 7) is 10.4. The van der Waals surface area contributed by atoms with Crippen LogP contribution < -0.4 is 4.74 Å². The van der Waals surface area contributed by atoms with Crippen LogP contribution in [0.25, 0.3) is 10.8 Å². The molecule has 2 rings (SSSR count). The lowest BCUT2D eigenvalue weighted by Gasteiger charge is -2.24. The summed E-state index contributed by atoms with van der Waals surface area (Å²) in [5, 5.41) is 2.22. The van der Waals surface area contributed by atoms with Crippen molar-refractivity contribution < 1.29 is 9.53 Å². The van der Waals surface area contributed by atoms with Crippen LogP contribution in [0.15, 0.2) is 54.1 Å². The Bertz CT molecular complexity index is 806. The van der Waals surface area contributed by atoms with Gasteiger partial charge in [0, 0.05) is 25.5 Å². The zero-order chi connectivity index (χ0) is 21.8. The van der Waals surface area contributed by atoms with Crippen molar-refractivity contribution in [3.8, 4) is 5.75 Å². The standard InChI is InChI=1S/C26H38N2O2/c1-5-8-9-10-15-23(26(29)27(4)19-20-28(6-2)7-3)21-30-25-18-13-16-22-14-11-12-17-24(22)25/h11-18H,5-10,19-21H2,1-4H3/b23-15+. The molecule has 0 N–H and O–H groups in total. The molecule has 0 fully saturated rings. The minimum Gasteiger partial charge on any atom is -0.488 e. The van der Waals surface area contributed by atoms with E-state index in [0.29, 0.717) is 6.61 Å². The summed E-state index contributed by atoms with van der Waals surface area (Å²) in [4.78, 5) is 17.3. The van der Waals surface area contributed by atoms with Gasteiger partial charge in [-0.3, -0.25) is 4.79 Å². The van der Waals surface area contributed by atoms with Gasteiger partial charge in [-0.25, -0.2) is 0 Å². The van der Waals surface area contributed by atoms with Gasteiger partial charge in [-0.15, -0.1) is 0 Å². The summed E-state index contributed by atoms with van der Waals surface area (Å²) in [6, 6.07) is 14.2. The molecule has 0 spiro atoms. The monoisotopic (exact) mass is 410 g/mol. The zero-order valence-electron chi connectivity index (χ0n) is 19.2. The topological polar surface area (TPSA) is 32.8 Å². The van der Waals surface area contributed by atoms with Gasteiger partial charge < -0.3 is 14.5 Å². The molecule has 0 saturated heterocycles. The number of allylic oxidation sites excluding steroid dienone is 1. The lowest BCUT2D eigenvalue weighted by molar-refractivity contribution is -0.126. The summed E-state index contributed by atoms with van der Waals surface area (Å²) in [5.41, 5.74) is 0.751. The third-order valence-electron chi connectivity index (χ3n) is 5.60. The highest BCUT2D eigenvalue weighted by molar-refractivity contribution is 5.94. The second kappa shape index (κ2) is 13.1. The molecule has 0 unspecified atom stereocenters. The maximum Gasteiger partial charge on any atom is 0.252 e. The van der Waals surface area contributed by atoms with E-state index in [2.05, 4.69) is 49.9 Å². The average molecular weight is 411 g/mol. The van der Waals surface area contributed by atoms with Gasteiger partial charge in [-0.2, -0.15) is 0 Å². The number of ether oxygens (including phenoxy) is 1. The number of hydrogen-bond acceptors (Lipinski definition) is 3. The number of unbranched alkanes of at least 4 members (excludes halogenated alkanes) is 3. The minimum atomic E-state index is 0.0684. The highest BCUT2D eigenvalue weighted by atomic mass is 16.5. The largest absolute Gasteiger partial charge is 0.488 e. The average Bonchev–Trinajstić information content (AvgIpc) is 2.78. The Morgan fingerprint density at radius 2 is 1.70 bits per heavy atom. The predicted octanol–water partition coefficient (Wildman–Crippen LogP) is 5.53. The van der Waals surface area contributed by atoms with Gasteiger partial charge in [0.05, 0.1) is 5.57 Å². The zero-order valence-corrected chi connectivity index (χ0v) is 19.2. The predicted molar refractivity (Wildman–Crippen MR) is 127 cm³/mol. The smallest absolute Gasteiger partial charge is 0.252 e. The first-order valence-corrected chi connectivity index (χ1v) is 11.4. The van der Waals surface area contributed by atoms with Gasteiger partial charge in [0.1, 0.15) is 12.4 Å². The summed E-state index contributed by atoms with van der Waals surface area (Å²) < 4.78 is 6.15. The number of rotatable bonds is 13. The van der Waals surface area contributed by atoms with Crippen LogP contribution in [0.2, 0.25) is 0 Å². The maximum absolute atomic E-state index is 13.1. The first-order valence-electron chi connectivity index (χ1n) is 11.4. The number of fused-ring (bicyclic) bond motifs is 1. The van der Waals surface area contributed by atoms with Gasteiger partial charge in [-0.05, 0) is 37.4 Å². The molecule has 0 aliphatic carbocycles. The van der Waals surface area contributed by atoms with E-state index in [0.717, 1.165) is 61.1 Å². The maximum atomic E-state index is 13.1. The number of benzene rings is 2. The fourth-order valence-corrected chi connectivity index (χ4v) is 3.53. The molecule has 0 heterocycles. The molecule has 4 nitrogen and oxygen atoms in total. The van der Waals surface area contributed by atoms with Gasteiger partial charge in [-0.1, -0.05) is 76.1 Å². The van der Waals surface area contributed by atoms with Crippen LogP contribution in [0.3, 0.4) is 0 Å². The van der Waals surface area contributed by atoms with Gasteiger partial charge in [0.15, 0.2) is 0 Å². The Morgan fingerprint density at radius 3 is 2.43 bits per heavy atom. The Balaban J connectivity index is 2.09. The van der Waals surface area contributed by atoms with E-state index in [9.17, 15) is 4.79 Å². The van der Waals surface area contributed by atoms with E-state index in [-0.39, 0.29) is 5.91 Å². The van der Waals surface area contributed by atoms with E-state index in [1.165, 1.54) is 12.8 Å². The molecule has 0 radical (unpaired) electrons. The van der Waals surface area contributed by atoms with Crippen molar-refractivity contribution in [3.63, 3.8) is 0 Å². The molecule has 0 saturated carbocycles. The molecular weight excluding hydrogens is 372 g/mol. The number of likely N-dealkylation sites (N-methyl/N-ethyl adjacent to an activating group) is 2. The molecule has 0 aliphatic rings. The fourth-order valence-electron chi connectivity index (χ4n) is 3.53. The lowest BCUT2D eigenvalue weighted by Crippen LogP contribution is -2.37. The quantitative estimate of drug-likeness (QED) is 0.322. The number of hydrogen-bond donors (Lipinski definition) is 0. The third-order valence-corrected chi connectivity index (χ3v) is 5.60. The molecule has 0 bridgehead atoms. The Labute approximate surface area is 182 Å². The van der Waals surface area contributed by atoms with Crippen LogP contribution in [0, 0.1) is 0 Å². The van der Waals surface area contributed by atoms with Crippen molar-refractivity contribution in [2.75, 3.05) is 39.8 Å². The van der Waals surface area contributed by atoms with E-state index in [1.54, 1.807) is 0 Å². The van der Waals surface area contributed by atoms with Crippen molar-refractivity contribution in [1.82, 2.24) is 9.80 Å².